The van der Waals surface area contributed by atoms with Crippen molar-refractivity contribution >= 4 is 0 Å². The first-order chi connectivity index (χ1) is 9.14. The minimum absolute atomic E-state index is 0.291. The van der Waals surface area contributed by atoms with Crippen molar-refractivity contribution in [3.8, 4) is 11.5 Å². The summed E-state index contributed by atoms with van der Waals surface area (Å²) in [4.78, 5) is 0. The Labute approximate surface area is 113 Å². The number of benzene rings is 1. The third-order valence-corrected chi connectivity index (χ3v) is 4.36. The molecule has 3 nitrogen and oxygen atoms in total. The van der Waals surface area contributed by atoms with Gasteiger partial charge in [-0.05, 0) is 31.0 Å². The lowest BCUT2D eigenvalue weighted by molar-refractivity contribution is 0.0840. The van der Waals surface area contributed by atoms with Crippen LogP contribution < -0.4 is 14.8 Å². The first kappa shape index (κ1) is 12.7. The van der Waals surface area contributed by atoms with Gasteiger partial charge in [0.2, 0.25) is 0 Å². The van der Waals surface area contributed by atoms with E-state index in [0.717, 1.165) is 12.8 Å². The average molecular weight is 265 g/mol. The van der Waals surface area contributed by atoms with Crippen LogP contribution in [-0.2, 0) is 5.67 Å². The third kappa shape index (κ3) is 2.18. The van der Waals surface area contributed by atoms with Crippen LogP contribution in [0.2, 0.25) is 0 Å². The summed E-state index contributed by atoms with van der Waals surface area (Å²) in [7, 11) is 3.19. The molecular weight excluding hydrogens is 245 g/mol. The fourth-order valence-electron chi connectivity index (χ4n) is 3.47. The summed E-state index contributed by atoms with van der Waals surface area (Å²) in [5.74, 6) is 1.29. The predicted molar refractivity (Wildman–Crippen MR) is 71.5 cm³/mol. The molecule has 2 unspecified atom stereocenters. The molecule has 2 aliphatic heterocycles. The Morgan fingerprint density at radius 3 is 2.42 bits per heavy atom. The number of nitrogens with one attached hydrogen (secondary N) is 1. The standard InChI is InChI=1S/C15H20FNO2/c1-18-12-5-6-14(19-2)13(7-12)15(16)8-10-3-4-11(9-15)17-10/h5-7,10-11,17H,3-4,8-9H2,1-2H3. The van der Waals surface area contributed by atoms with Gasteiger partial charge < -0.3 is 14.8 Å². The zero-order valence-corrected chi connectivity index (χ0v) is 11.4. The number of hydrogen-bond acceptors (Lipinski definition) is 3. The number of ether oxygens (including phenoxy) is 2. The molecular formula is C15H20FNO2. The molecule has 2 bridgehead atoms. The van der Waals surface area contributed by atoms with E-state index in [1.165, 1.54) is 0 Å². The second-order valence-corrected chi connectivity index (χ2v) is 5.58. The highest BCUT2D eigenvalue weighted by Gasteiger charge is 2.46. The van der Waals surface area contributed by atoms with Gasteiger partial charge in [-0.15, -0.1) is 0 Å². The summed E-state index contributed by atoms with van der Waals surface area (Å²) < 4.78 is 26.0. The SMILES string of the molecule is COc1ccc(OC)c(C2(F)CC3CCC(C2)N3)c1. The van der Waals surface area contributed by atoms with Crippen molar-refractivity contribution in [2.75, 3.05) is 14.2 Å². The number of alkyl halides is 1. The molecule has 2 fully saturated rings. The van der Waals surface area contributed by atoms with Crippen molar-refractivity contribution in [1.29, 1.82) is 0 Å². The van der Waals surface area contributed by atoms with Gasteiger partial charge in [0.1, 0.15) is 17.2 Å². The molecule has 0 amide bonds. The predicted octanol–water partition coefficient (Wildman–Crippen LogP) is 2.78. The van der Waals surface area contributed by atoms with Crippen LogP contribution in [0.1, 0.15) is 31.2 Å². The lowest BCUT2D eigenvalue weighted by Gasteiger charge is -2.36. The summed E-state index contributed by atoms with van der Waals surface area (Å²) in [6.07, 6.45) is 3.19. The number of methoxy groups -OCH3 is 2. The van der Waals surface area contributed by atoms with Crippen LogP contribution in [0, 0.1) is 0 Å². The molecule has 0 spiro atoms. The van der Waals surface area contributed by atoms with Crippen LogP contribution in [0.5, 0.6) is 11.5 Å². The first-order valence-electron chi connectivity index (χ1n) is 6.82. The second-order valence-electron chi connectivity index (χ2n) is 5.58. The van der Waals surface area contributed by atoms with Crippen LogP contribution in [-0.4, -0.2) is 26.3 Å². The highest BCUT2D eigenvalue weighted by molar-refractivity contribution is 5.44. The number of halogens is 1. The molecule has 2 heterocycles. The Morgan fingerprint density at radius 2 is 1.84 bits per heavy atom. The topological polar surface area (TPSA) is 30.5 Å². The van der Waals surface area contributed by atoms with Crippen LogP contribution in [0.3, 0.4) is 0 Å². The van der Waals surface area contributed by atoms with Gasteiger partial charge in [-0.2, -0.15) is 0 Å². The lowest BCUT2D eigenvalue weighted by atomic mass is 9.82. The van der Waals surface area contributed by atoms with Gasteiger partial charge in [0.25, 0.3) is 0 Å². The molecule has 1 aromatic rings. The van der Waals surface area contributed by atoms with E-state index >= 15 is 4.39 Å². The highest BCUT2D eigenvalue weighted by Crippen LogP contribution is 2.47. The number of rotatable bonds is 3. The van der Waals surface area contributed by atoms with Crippen LogP contribution in [0.25, 0.3) is 0 Å². The van der Waals surface area contributed by atoms with Gasteiger partial charge in [0.15, 0.2) is 0 Å². The zero-order chi connectivity index (χ0) is 13.5. The van der Waals surface area contributed by atoms with Crippen LogP contribution >= 0.6 is 0 Å². The van der Waals surface area contributed by atoms with Gasteiger partial charge in [-0.25, -0.2) is 4.39 Å². The molecule has 0 aliphatic carbocycles. The van der Waals surface area contributed by atoms with E-state index < -0.39 is 5.67 Å². The van der Waals surface area contributed by atoms with E-state index in [1.807, 2.05) is 0 Å². The van der Waals surface area contributed by atoms with Gasteiger partial charge in [0, 0.05) is 30.5 Å². The minimum Gasteiger partial charge on any atom is -0.497 e. The molecule has 0 aromatic heterocycles. The molecule has 1 aromatic carbocycles. The Balaban J connectivity index is 1.99. The molecule has 0 radical (unpaired) electrons. The fraction of sp³-hybridized carbons (Fsp3) is 0.600. The quantitative estimate of drug-likeness (QED) is 0.911. The Morgan fingerprint density at radius 1 is 1.16 bits per heavy atom. The smallest absolute Gasteiger partial charge is 0.142 e. The van der Waals surface area contributed by atoms with Crippen LogP contribution in [0.4, 0.5) is 4.39 Å². The van der Waals surface area contributed by atoms with E-state index in [0.29, 0.717) is 42.0 Å². The van der Waals surface area contributed by atoms with Crippen molar-refractivity contribution in [1.82, 2.24) is 5.32 Å². The minimum atomic E-state index is -1.31. The van der Waals surface area contributed by atoms with Gasteiger partial charge in [0.05, 0.1) is 14.2 Å². The molecule has 1 N–H and O–H groups in total. The second kappa shape index (κ2) is 4.67. The van der Waals surface area contributed by atoms with Gasteiger partial charge >= 0.3 is 0 Å². The van der Waals surface area contributed by atoms with Crippen molar-refractivity contribution in [2.24, 2.45) is 0 Å². The van der Waals surface area contributed by atoms with Crippen molar-refractivity contribution in [3.63, 3.8) is 0 Å². The lowest BCUT2D eigenvalue weighted by Crippen LogP contribution is -2.44. The van der Waals surface area contributed by atoms with E-state index in [2.05, 4.69) is 5.32 Å². The largest absolute Gasteiger partial charge is 0.497 e. The zero-order valence-electron chi connectivity index (χ0n) is 11.4. The molecule has 104 valence electrons. The van der Waals surface area contributed by atoms with E-state index in [-0.39, 0.29) is 0 Å². The maximum absolute atomic E-state index is 15.4. The number of hydrogen-bond donors (Lipinski definition) is 1. The Hall–Kier alpha value is -1.29. The molecule has 0 saturated carbocycles. The number of piperidine rings is 1. The fourth-order valence-corrected chi connectivity index (χ4v) is 3.47. The average Bonchev–Trinajstić information content (AvgIpc) is 2.77. The maximum Gasteiger partial charge on any atom is 0.142 e. The molecule has 4 heteroatoms. The van der Waals surface area contributed by atoms with Crippen molar-refractivity contribution < 1.29 is 13.9 Å². The number of fused-ring (bicyclic) bond motifs is 2. The molecule has 19 heavy (non-hydrogen) atoms. The molecule has 3 rings (SSSR count). The Bertz CT molecular complexity index is 465. The normalized spacial score (nSPS) is 33.2. The van der Waals surface area contributed by atoms with Crippen molar-refractivity contribution in [3.05, 3.63) is 23.8 Å². The molecule has 2 aliphatic rings. The van der Waals surface area contributed by atoms with E-state index in [4.69, 9.17) is 9.47 Å². The third-order valence-electron chi connectivity index (χ3n) is 4.36. The van der Waals surface area contributed by atoms with Gasteiger partial charge in [-0.1, -0.05) is 0 Å². The summed E-state index contributed by atoms with van der Waals surface area (Å²) in [5, 5.41) is 3.47. The summed E-state index contributed by atoms with van der Waals surface area (Å²) in [5.41, 5.74) is -0.676. The Kier molecular flexibility index (Phi) is 3.13. The van der Waals surface area contributed by atoms with E-state index in [1.54, 1.807) is 32.4 Å². The van der Waals surface area contributed by atoms with Crippen LogP contribution in [0.15, 0.2) is 18.2 Å². The molecule has 2 atom stereocenters. The molecule has 2 saturated heterocycles. The summed E-state index contributed by atoms with van der Waals surface area (Å²) >= 11 is 0. The maximum atomic E-state index is 15.4. The monoisotopic (exact) mass is 265 g/mol. The summed E-state index contributed by atoms with van der Waals surface area (Å²) in [6, 6.07) is 5.96. The summed E-state index contributed by atoms with van der Waals surface area (Å²) in [6.45, 7) is 0. The highest BCUT2D eigenvalue weighted by atomic mass is 19.1. The van der Waals surface area contributed by atoms with E-state index in [9.17, 15) is 0 Å². The first-order valence-corrected chi connectivity index (χ1v) is 6.82. The van der Waals surface area contributed by atoms with Crippen molar-refractivity contribution in [2.45, 2.75) is 43.4 Å². The van der Waals surface area contributed by atoms with Gasteiger partial charge in [-0.3, -0.25) is 0 Å².